The first-order valence-corrected chi connectivity index (χ1v) is 18.3. The van der Waals surface area contributed by atoms with Gasteiger partial charge in [-0.05, 0) is 51.4 Å². The van der Waals surface area contributed by atoms with Crippen LogP contribution in [0.1, 0.15) is 31.0 Å². The predicted octanol–water partition coefficient (Wildman–Crippen LogP) is 12.5. The molecule has 1 aliphatic heterocycles. The largest absolute Gasteiger partial charge is 0.344 e. The maximum absolute atomic E-state index is 5.44. The second-order valence-corrected chi connectivity index (χ2v) is 13.6. The van der Waals surface area contributed by atoms with Gasteiger partial charge in [0.1, 0.15) is 0 Å². The fourth-order valence-corrected chi connectivity index (χ4v) is 9.02. The maximum Gasteiger partial charge on any atom is 0.209 e. The number of nitrogens with zero attached hydrogens (tertiary/aromatic N) is 3. The Morgan fingerprint density at radius 1 is 0.481 bits per heavy atom. The molecule has 0 spiro atoms. The lowest BCUT2D eigenvalue weighted by Gasteiger charge is -2.28. The minimum Gasteiger partial charge on any atom is -0.344 e. The number of nitrogens with one attached hydrogen (secondary N) is 1. The number of para-hydroxylation sites is 4. The van der Waals surface area contributed by atoms with Crippen LogP contribution in [0.4, 0.5) is 5.69 Å². The molecule has 1 unspecified atom stereocenters. The minimum absolute atomic E-state index is 0.0793. The van der Waals surface area contributed by atoms with Crippen LogP contribution in [-0.2, 0) is 0 Å². The number of aliphatic imine (C=N–C) groups is 1. The Balaban J connectivity index is 0.00000158. The van der Waals surface area contributed by atoms with E-state index in [2.05, 4.69) is 172 Å². The first-order chi connectivity index (χ1) is 25.8. The Bertz CT molecular complexity index is 3240. The van der Waals surface area contributed by atoms with Gasteiger partial charge in [0, 0.05) is 37.9 Å². The summed E-state index contributed by atoms with van der Waals surface area (Å²) in [7, 11) is 0. The first-order valence-electron chi connectivity index (χ1n) is 18.3. The third-order valence-corrected chi connectivity index (χ3v) is 11.1. The van der Waals surface area contributed by atoms with Gasteiger partial charge in [-0.15, -0.1) is 0 Å². The van der Waals surface area contributed by atoms with Crippen LogP contribution in [0, 0.1) is 0 Å². The van der Waals surface area contributed by atoms with Gasteiger partial charge in [0.15, 0.2) is 0 Å². The van der Waals surface area contributed by atoms with Crippen LogP contribution >= 0.6 is 0 Å². The van der Waals surface area contributed by atoms with Gasteiger partial charge in [-0.3, -0.25) is 4.57 Å². The molecule has 246 valence electrons. The SMILES string of the molecule is CC.c1ccc2c(c1)N=C(n1c3ccccc3c3c4ccccc4c4c5cccc6c7ccccc7n(c65)c4c31)NC2c1ccc2ccccc2c1. The molecule has 11 aromatic rings. The highest BCUT2D eigenvalue weighted by molar-refractivity contribution is 6.39. The van der Waals surface area contributed by atoms with E-state index in [1.807, 2.05) is 13.8 Å². The topological polar surface area (TPSA) is 33.7 Å². The number of rotatable bonds is 1. The van der Waals surface area contributed by atoms with Crippen molar-refractivity contribution < 1.29 is 0 Å². The average molecular weight is 667 g/mol. The summed E-state index contributed by atoms with van der Waals surface area (Å²) in [6.45, 7) is 4.00. The Morgan fingerprint density at radius 3 is 1.92 bits per heavy atom. The summed E-state index contributed by atoms with van der Waals surface area (Å²) >= 11 is 0. The molecule has 0 bridgehead atoms. The minimum atomic E-state index is -0.0793. The van der Waals surface area contributed by atoms with Crippen LogP contribution in [0.2, 0.25) is 0 Å². The molecule has 1 N–H and O–H groups in total. The highest BCUT2D eigenvalue weighted by atomic mass is 15.2. The van der Waals surface area contributed by atoms with Crippen LogP contribution in [0.3, 0.4) is 0 Å². The highest BCUT2D eigenvalue weighted by Gasteiger charge is 2.30. The summed E-state index contributed by atoms with van der Waals surface area (Å²) in [4.78, 5) is 5.44. The van der Waals surface area contributed by atoms with Gasteiger partial charge < -0.3 is 9.72 Å². The van der Waals surface area contributed by atoms with Crippen molar-refractivity contribution in [2.45, 2.75) is 19.9 Å². The van der Waals surface area contributed by atoms with Crippen LogP contribution < -0.4 is 5.32 Å². The standard InChI is InChI=1S/C46H28N4.C2H6/c1-2-13-28-26-29(25-24-27(28)12-1)42-34-17-5-8-21-37(34)47-46(48-42)50-39-23-10-7-18-35(39)40-31-15-3-4-16-32(31)41-36-20-11-19-33-30-14-6-9-22-38(30)49(43(33)36)44(41)45(40)50;1-2/h1-26,42H,(H,47,48);1-2H3. The summed E-state index contributed by atoms with van der Waals surface area (Å²) in [5.41, 5.74) is 9.39. The molecule has 4 nitrogen and oxygen atoms in total. The van der Waals surface area contributed by atoms with Crippen LogP contribution in [0.25, 0.3) is 81.4 Å². The molecule has 0 saturated heterocycles. The Hall–Kier alpha value is -6.65. The molecule has 1 aliphatic rings. The number of hydrogen-bond donors (Lipinski definition) is 1. The normalized spacial score (nSPS) is 14.4. The smallest absolute Gasteiger partial charge is 0.209 e. The zero-order chi connectivity index (χ0) is 34.5. The van der Waals surface area contributed by atoms with Crippen molar-refractivity contribution in [2.75, 3.05) is 0 Å². The fourth-order valence-electron chi connectivity index (χ4n) is 9.02. The second-order valence-electron chi connectivity index (χ2n) is 13.6. The highest BCUT2D eigenvalue weighted by Crippen LogP contribution is 2.48. The zero-order valence-corrected chi connectivity index (χ0v) is 28.9. The predicted molar refractivity (Wildman–Crippen MR) is 221 cm³/mol. The average Bonchev–Trinajstić information content (AvgIpc) is 3.87. The molecule has 8 aromatic carbocycles. The van der Waals surface area contributed by atoms with Crippen molar-refractivity contribution >= 4 is 93.1 Å². The van der Waals surface area contributed by atoms with E-state index in [0.29, 0.717) is 0 Å². The molecule has 0 fully saturated rings. The Kier molecular flexibility index (Phi) is 6.12. The number of hydrogen-bond acceptors (Lipinski definition) is 2. The Morgan fingerprint density at radius 2 is 1.10 bits per heavy atom. The van der Waals surface area contributed by atoms with Crippen LogP contribution in [0.15, 0.2) is 163 Å². The summed E-state index contributed by atoms with van der Waals surface area (Å²) < 4.78 is 4.93. The van der Waals surface area contributed by atoms with Crippen molar-refractivity contribution in [1.29, 1.82) is 0 Å². The van der Waals surface area contributed by atoms with Crippen molar-refractivity contribution in [3.05, 3.63) is 169 Å². The van der Waals surface area contributed by atoms with E-state index in [4.69, 9.17) is 4.99 Å². The maximum atomic E-state index is 5.44. The molecular weight excluding hydrogens is 633 g/mol. The third kappa shape index (κ3) is 3.78. The Labute approximate surface area is 300 Å². The van der Waals surface area contributed by atoms with Gasteiger partial charge in [-0.25, -0.2) is 4.99 Å². The molecule has 0 radical (unpaired) electrons. The van der Waals surface area contributed by atoms with E-state index in [-0.39, 0.29) is 6.04 Å². The van der Waals surface area contributed by atoms with E-state index in [0.717, 1.165) is 17.2 Å². The van der Waals surface area contributed by atoms with Crippen molar-refractivity contribution in [3.63, 3.8) is 0 Å². The van der Waals surface area contributed by atoms with Gasteiger partial charge in [0.2, 0.25) is 5.96 Å². The number of fused-ring (bicyclic) bond motifs is 15. The summed E-state index contributed by atoms with van der Waals surface area (Å²) in [5, 5.41) is 16.6. The quantitative estimate of drug-likeness (QED) is 0.186. The molecule has 0 saturated carbocycles. The lowest BCUT2D eigenvalue weighted by molar-refractivity contribution is 0.732. The summed E-state index contributed by atoms with van der Waals surface area (Å²) in [5.74, 6) is 0.828. The first kappa shape index (κ1) is 29.1. The lowest BCUT2D eigenvalue weighted by Crippen LogP contribution is -2.36. The van der Waals surface area contributed by atoms with Gasteiger partial charge >= 0.3 is 0 Å². The lowest BCUT2D eigenvalue weighted by atomic mass is 9.94. The molecule has 4 heteroatoms. The molecule has 0 amide bonds. The monoisotopic (exact) mass is 666 g/mol. The van der Waals surface area contributed by atoms with Crippen molar-refractivity contribution in [1.82, 2.24) is 14.3 Å². The fraction of sp³-hybridized carbons (Fsp3) is 0.0625. The van der Waals surface area contributed by atoms with E-state index >= 15 is 0 Å². The zero-order valence-electron chi connectivity index (χ0n) is 28.9. The number of aromatic nitrogens is 2. The third-order valence-electron chi connectivity index (χ3n) is 11.1. The van der Waals surface area contributed by atoms with E-state index in [1.54, 1.807) is 0 Å². The molecule has 1 atom stereocenters. The summed E-state index contributed by atoms with van der Waals surface area (Å²) in [6, 6.07) is 57.3. The van der Waals surface area contributed by atoms with Crippen LogP contribution in [0.5, 0.6) is 0 Å². The van der Waals surface area contributed by atoms with Gasteiger partial charge in [0.25, 0.3) is 0 Å². The van der Waals surface area contributed by atoms with Crippen molar-refractivity contribution in [3.8, 4) is 0 Å². The molecular formula is C48H34N4. The molecule has 3 aromatic heterocycles. The second kappa shape index (κ2) is 10.9. The van der Waals surface area contributed by atoms with Gasteiger partial charge in [0.05, 0.1) is 39.3 Å². The van der Waals surface area contributed by atoms with Crippen molar-refractivity contribution in [2.24, 2.45) is 4.99 Å². The van der Waals surface area contributed by atoms with E-state index in [1.165, 1.54) is 87.1 Å². The molecule has 0 aliphatic carbocycles. The molecule has 12 rings (SSSR count). The molecule has 52 heavy (non-hydrogen) atoms. The van der Waals surface area contributed by atoms with E-state index in [9.17, 15) is 0 Å². The van der Waals surface area contributed by atoms with Gasteiger partial charge in [-0.2, -0.15) is 0 Å². The summed E-state index contributed by atoms with van der Waals surface area (Å²) in [6.07, 6.45) is 0. The van der Waals surface area contributed by atoms with Gasteiger partial charge in [-0.1, -0.05) is 147 Å². The number of benzene rings is 8. The van der Waals surface area contributed by atoms with E-state index < -0.39 is 0 Å². The molecule has 4 heterocycles. The van der Waals surface area contributed by atoms with Crippen LogP contribution in [-0.4, -0.2) is 14.9 Å².